The van der Waals surface area contributed by atoms with Crippen LogP contribution in [0.3, 0.4) is 0 Å². The molecule has 0 atom stereocenters. The summed E-state index contributed by atoms with van der Waals surface area (Å²) >= 11 is 6.26. The number of thioether (sulfide) groups is 1. The van der Waals surface area contributed by atoms with E-state index in [9.17, 15) is 19.5 Å². The topological polar surface area (TPSA) is 107 Å². The van der Waals surface area contributed by atoms with Crippen molar-refractivity contribution in [2.45, 2.75) is 6.42 Å². The Morgan fingerprint density at radius 1 is 1.38 bits per heavy atom. The number of benzene rings is 1. The quantitative estimate of drug-likeness (QED) is 0.513. The zero-order chi connectivity index (χ0) is 17.7. The van der Waals surface area contributed by atoms with Crippen LogP contribution in [0, 0.1) is 0 Å². The lowest BCUT2D eigenvalue weighted by Gasteiger charge is -2.13. The smallest absolute Gasteiger partial charge is 0.322 e. The molecule has 1 heterocycles. The number of hydrogen-bond donors (Lipinski definition) is 3. The summed E-state index contributed by atoms with van der Waals surface area (Å²) in [5, 5.41) is 20.2. The molecule has 24 heavy (non-hydrogen) atoms. The number of nitrogens with zero attached hydrogens (tertiary/aromatic N) is 1. The van der Waals surface area contributed by atoms with Gasteiger partial charge in [-0.15, -0.1) is 0 Å². The van der Waals surface area contributed by atoms with E-state index >= 15 is 0 Å². The van der Waals surface area contributed by atoms with E-state index in [1.165, 1.54) is 17.0 Å². The SMILES string of the molecule is O=C(O)CNC(=O)CCN1C(=O)/C(=C/c2cccc(O)c2)SC1=S. The number of hydrogen-bond acceptors (Lipinski definition) is 6. The van der Waals surface area contributed by atoms with Crippen molar-refractivity contribution >= 4 is 52.2 Å². The third-order valence-corrected chi connectivity index (χ3v) is 4.42. The van der Waals surface area contributed by atoms with Crippen LogP contribution < -0.4 is 5.32 Å². The second-order valence-corrected chi connectivity index (χ2v) is 6.52. The van der Waals surface area contributed by atoms with Crippen molar-refractivity contribution in [3.05, 3.63) is 34.7 Å². The first-order valence-corrected chi connectivity index (χ1v) is 8.12. The first-order valence-electron chi connectivity index (χ1n) is 6.89. The third kappa shape index (κ3) is 4.80. The van der Waals surface area contributed by atoms with Crippen molar-refractivity contribution in [1.29, 1.82) is 0 Å². The molecule has 1 aromatic carbocycles. The number of carbonyl (C=O) groups is 3. The summed E-state index contributed by atoms with van der Waals surface area (Å²) in [6, 6.07) is 6.45. The van der Waals surface area contributed by atoms with Crippen molar-refractivity contribution in [3.8, 4) is 5.75 Å². The van der Waals surface area contributed by atoms with E-state index in [1.54, 1.807) is 18.2 Å². The molecule has 2 amide bonds. The molecule has 0 radical (unpaired) electrons. The second kappa shape index (κ2) is 7.93. The standard InChI is InChI=1S/C15H14N2O5S2/c18-10-3-1-2-9(6-10)7-11-14(22)17(15(23)24-11)5-4-12(19)16-8-13(20)21/h1-3,6-7,18H,4-5,8H2,(H,16,19)(H,20,21)/b11-7-. The molecule has 3 N–H and O–H groups in total. The van der Waals surface area contributed by atoms with Crippen LogP contribution in [0.1, 0.15) is 12.0 Å². The fourth-order valence-electron chi connectivity index (χ4n) is 1.93. The van der Waals surface area contributed by atoms with Gasteiger partial charge in [-0.2, -0.15) is 0 Å². The van der Waals surface area contributed by atoms with E-state index in [2.05, 4.69) is 5.32 Å². The molecule has 1 aliphatic rings. The lowest BCUT2D eigenvalue weighted by atomic mass is 10.2. The second-order valence-electron chi connectivity index (χ2n) is 4.85. The first-order chi connectivity index (χ1) is 11.4. The van der Waals surface area contributed by atoms with Gasteiger partial charge in [-0.05, 0) is 23.8 Å². The molecule has 0 aromatic heterocycles. The monoisotopic (exact) mass is 366 g/mol. The molecule has 2 rings (SSSR count). The molecule has 126 valence electrons. The molecule has 0 unspecified atom stereocenters. The first kappa shape index (κ1) is 18.0. The van der Waals surface area contributed by atoms with E-state index in [1.807, 2.05) is 0 Å². The van der Waals surface area contributed by atoms with Gasteiger partial charge in [0.25, 0.3) is 5.91 Å². The normalized spacial score (nSPS) is 15.8. The number of phenolic OH excluding ortho intramolecular Hbond substituents is 1. The Hall–Kier alpha value is -2.39. The largest absolute Gasteiger partial charge is 0.508 e. The Labute approximate surface area is 147 Å². The number of thiocarbonyl (C=S) groups is 1. The van der Waals surface area contributed by atoms with Crippen molar-refractivity contribution in [3.63, 3.8) is 0 Å². The Kier molecular flexibility index (Phi) is 5.93. The van der Waals surface area contributed by atoms with Crippen LogP contribution in [-0.2, 0) is 14.4 Å². The van der Waals surface area contributed by atoms with E-state index in [-0.39, 0.29) is 24.6 Å². The summed E-state index contributed by atoms with van der Waals surface area (Å²) in [4.78, 5) is 35.9. The minimum absolute atomic E-state index is 0.0425. The zero-order valence-corrected chi connectivity index (χ0v) is 14.0. The van der Waals surface area contributed by atoms with Gasteiger partial charge < -0.3 is 15.5 Å². The predicted octanol–water partition coefficient (Wildman–Crippen LogP) is 1.18. The maximum absolute atomic E-state index is 12.3. The number of nitrogens with one attached hydrogen (secondary N) is 1. The number of amides is 2. The fraction of sp³-hybridized carbons (Fsp3) is 0.200. The zero-order valence-electron chi connectivity index (χ0n) is 12.4. The Morgan fingerprint density at radius 2 is 2.12 bits per heavy atom. The molecule has 0 aliphatic carbocycles. The van der Waals surface area contributed by atoms with Crippen molar-refractivity contribution in [1.82, 2.24) is 10.2 Å². The number of rotatable bonds is 6. The molecule has 0 bridgehead atoms. The van der Waals surface area contributed by atoms with Gasteiger partial charge in [0.1, 0.15) is 16.6 Å². The number of aromatic hydroxyl groups is 1. The van der Waals surface area contributed by atoms with Gasteiger partial charge in [0.2, 0.25) is 5.91 Å². The molecule has 1 aliphatic heterocycles. The third-order valence-electron chi connectivity index (χ3n) is 3.04. The highest BCUT2D eigenvalue weighted by Gasteiger charge is 2.32. The van der Waals surface area contributed by atoms with Crippen LogP contribution in [0.15, 0.2) is 29.2 Å². The van der Waals surface area contributed by atoms with E-state index in [0.717, 1.165) is 11.8 Å². The molecular formula is C15H14N2O5S2. The van der Waals surface area contributed by atoms with Crippen molar-refractivity contribution in [2.75, 3.05) is 13.1 Å². The predicted molar refractivity (Wildman–Crippen MR) is 93.2 cm³/mol. The van der Waals surface area contributed by atoms with Gasteiger partial charge in [-0.1, -0.05) is 36.1 Å². The number of carboxylic acids is 1. The molecule has 0 spiro atoms. The molecule has 1 saturated heterocycles. The highest BCUT2D eigenvalue weighted by Crippen LogP contribution is 2.32. The number of carboxylic acid groups (broad SMARTS) is 1. The van der Waals surface area contributed by atoms with Gasteiger partial charge in [0.15, 0.2) is 0 Å². The lowest BCUT2D eigenvalue weighted by Crippen LogP contribution is -2.35. The van der Waals surface area contributed by atoms with Crippen LogP contribution in [0.2, 0.25) is 0 Å². The highest BCUT2D eigenvalue weighted by molar-refractivity contribution is 8.26. The van der Waals surface area contributed by atoms with E-state index in [0.29, 0.717) is 14.8 Å². The van der Waals surface area contributed by atoms with Crippen LogP contribution >= 0.6 is 24.0 Å². The molecule has 0 saturated carbocycles. The number of carbonyl (C=O) groups excluding carboxylic acids is 2. The molecule has 9 heteroatoms. The van der Waals surface area contributed by atoms with Gasteiger partial charge in [-0.25, -0.2) is 0 Å². The average Bonchev–Trinajstić information content (AvgIpc) is 2.77. The van der Waals surface area contributed by atoms with Gasteiger partial charge in [-0.3, -0.25) is 19.3 Å². The van der Waals surface area contributed by atoms with Gasteiger partial charge in [0, 0.05) is 13.0 Å². The Bertz CT molecular complexity index is 732. The summed E-state index contributed by atoms with van der Waals surface area (Å²) < 4.78 is 0.331. The van der Waals surface area contributed by atoms with Crippen molar-refractivity contribution < 1.29 is 24.6 Å². The van der Waals surface area contributed by atoms with Gasteiger partial charge >= 0.3 is 5.97 Å². The van der Waals surface area contributed by atoms with Gasteiger partial charge in [0.05, 0.1) is 4.91 Å². The highest BCUT2D eigenvalue weighted by atomic mass is 32.2. The average molecular weight is 366 g/mol. The maximum atomic E-state index is 12.3. The van der Waals surface area contributed by atoms with Crippen LogP contribution in [0.4, 0.5) is 0 Å². The summed E-state index contributed by atoms with van der Waals surface area (Å²) in [5.41, 5.74) is 0.662. The maximum Gasteiger partial charge on any atom is 0.322 e. The lowest BCUT2D eigenvalue weighted by molar-refractivity contribution is -0.138. The summed E-state index contributed by atoms with van der Waals surface area (Å²) in [6.45, 7) is -0.387. The van der Waals surface area contributed by atoms with Crippen LogP contribution in [-0.4, -0.2) is 50.3 Å². The minimum Gasteiger partial charge on any atom is -0.508 e. The summed E-state index contributed by atoms with van der Waals surface area (Å²) in [5.74, 6) is -1.83. The molecule has 1 fully saturated rings. The molecular weight excluding hydrogens is 352 g/mol. The fourth-order valence-corrected chi connectivity index (χ4v) is 3.24. The Morgan fingerprint density at radius 3 is 2.79 bits per heavy atom. The molecule has 1 aromatic rings. The molecule has 7 nitrogen and oxygen atoms in total. The van der Waals surface area contributed by atoms with E-state index < -0.39 is 18.4 Å². The number of aliphatic carboxylic acids is 1. The van der Waals surface area contributed by atoms with Crippen molar-refractivity contribution in [2.24, 2.45) is 0 Å². The summed E-state index contributed by atoms with van der Waals surface area (Å²) in [6.07, 6.45) is 1.57. The van der Waals surface area contributed by atoms with Crippen LogP contribution in [0.5, 0.6) is 5.75 Å². The van der Waals surface area contributed by atoms with Crippen LogP contribution in [0.25, 0.3) is 6.08 Å². The number of phenols is 1. The van der Waals surface area contributed by atoms with E-state index in [4.69, 9.17) is 17.3 Å². The summed E-state index contributed by atoms with van der Waals surface area (Å²) in [7, 11) is 0. The Balaban J connectivity index is 1.98. The minimum atomic E-state index is -1.14.